The molecule has 0 aromatic rings. The van der Waals surface area contributed by atoms with Gasteiger partial charge in [-0.2, -0.15) is 0 Å². The molecule has 0 atom stereocenters. The molecule has 5 nitrogen and oxygen atoms in total. The number of rotatable bonds is 4. The molecule has 0 bridgehead atoms. The summed E-state index contributed by atoms with van der Waals surface area (Å²) in [6.07, 6.45) is 12.4. The van der Waals surface area contributed by atoms with Crippen molar-refractivity contribution in [2.75, 3.05) is 0 Å². The second kappa shape index (κ2) is 9.80. The molecule has 0 radical (unpaired) electrons. The molecule has 0 aliphatic heterocycles. The Kier molecular flexibility index (Phi) is 7.73. The van der Waals surface area contributed by atoms with E-state index in [0.717, 1.165) is 37.8 Å². The highest BCUT2D eigenvalue weighted by atomic mass is 16.6. The first-order valence-electron chi connectivity index (χ1n) is 9.70. The van der Waals surface area contributed by atoms with E-state index < -0.39 is 0 Å². The molecule has 5 heteroatoms. The van der Waals surface area contributed by atoms with Crippen LogP contribution in [0.3, 0.4) is 0 Å². The molecule has 0 aromatic carbocycles. The third-order valence-electron chi connectivity index (χ3n) is 5.15. The van der Waals surface area contributed by atoms with E-state index in [4.69, 9.17) is 9.83 Å². The van der Waals surface area contributed by atoms with Crippen LogP contribution in [-0.4, -0.2) is 34.6 Å². The van der Waals surface area contributed by atoms with Gasteiger partial charge < -0.3 is 4.84 Å². The summed E-state index contributed by atoms with van der Waals surface area (Å²) < 4.78 is 0. The maximum atomic E-state index is 12.4. The summed E-state index contributed by atoms with van der Waals surface area (Å²) in [6.45, 7) is 5.60. The van der Waals surface area contributed by atoms with Crippen LogP contribution in [0.4, 0.5) is 0 Å². The SMILES string of the molecule is CC/C(C)=N/OC(=NC1CCCCC1)N(C(C)=O)C1CCCCC1. The van der Waals surface area contributed by atoms with Gasteiger partial charge in [-0.1, -0.05) is 50.6 Å². The van der Waals surface area contributed by atoms with Crippen LogP contribution in [0, 0.1) is 0 Å². The van der Waals surface area contributed by atoms with Gasteiger partial charge in [-0.05, 0) is 39.0 Å². The number of oxime groups is 1. The zero-order valence-electron chi connectivity index (χ0n) is 15.6. The molecule has 136 valence electrons. The Morgan fingerprint density at radius 2 is 1.58 bits per heavy atom. The molecule has 0 heterocycles. The Labute approximate surface area is 146 Å². The second-order valence-electron chi connectivity index (χ2n) is 7.16. The number of carbonyl (C=O) groups is 1. The summed E-state index contributed by atoms with van der Waals surface area (Å²) in [4.78, 5) is 24.7. The van der Waals surface area contributed by atoms with Crippen molar-refractivity contribution >= 4 is 17.6 Å². The van der Waals surface area contributed by atoms with Crippen molar-refractivity contribution in [1.82, 2.24) is 4.90 Å². The third kappa shape index (κ3) is 5.60. The first-order valence-corrected chi connectivity index (χ1v) is 9.70. The van der Waals surface area contributed by atoms with Crippen LogP contribution in [0.1, 0.15) is 91.4 Å². The van der Waals surface area contributed by atoms with Gasteiger partial charge in [0.1, 0.15) is 0 Å². The van der Waals surface area contributed by atoms with E-state index in [1.165, 1.54) is 38.5 Å². The van der Waals surface area contributed by atoms with E-state index in [-0.39, 0.29) is 18.0 Å². The Bertz CT molecular complexity index is 461. The minimum absolute atomic E-state index is 0.0146. The van der Waals surface area contributed by atoms with Gasteiger partial charge in [0.25, 0.3) is 0 Å². The molecule has 2 rings (SSSR count). The molecule has 24 heavy (non-hydrogen) atoms. The van der Waals surface area contributed by atoms with E-state index in [9.17, 15) is 4.79 Å². The third-order valence-corrected chi connectivity index (χ3v) is 5.15. The molecule has 1 amide bonds. The first kappa shape index (κ1) is 18.9. The molecular weight excluding hydrogens is 302 g/mol. The van der Waals surface area contributed by atoms with Crippen LogP contribution in [0.15, 0.2) is 10.1 Å². The maximum Gasteiger partial charge on any atom is 0.324 e. The highest BCUT2D eigenvalue weighted by Gasteiger charge is 2.30. The molecular formula is C19H33N3O2. The minimum Gasteiger partial charge on any atom is -0.317 e. The number of aliphatic imine (C=N–C) groups is 1. The summed E-state index contributed by atoms with van der Waals surface area (Å²) in [5.74, 6) is 0.0146. The van der Waals surface area contributed by atoms with Crippen LogP contribution in [-0.2, 0) is 9.63 Å². The smallest absolute Gasteiger partial charge is 0.317 e. The lowest BCUT2D eigenvalue weighted by molar-refractivity contribution is -0.128. The molecule has 2 aliphatic rings. The molecule has 0 saturated heterocycles. The molecule has 0 N–H and O–H groups in total. The minimum atomic E-state index is 0.0146. The lowest BCUT2D eigenvalue weighted by atomic mass is 9.94. The average molecular weight is 335 g/mol. The molecule has 0 spiro atoms. The molecule has 2 saturated carbocycles. The van der Waals surface area contributed by atoms with Gasteiger partial charge in [-0.3, -0.25) is 9.69 Å². The van der Waals surface area contributed by atoms with Gasteiger partial charge in [0, 0.05) is 13.0 Å². The number of hydrogen-bond acceptors (Lipinski definition) is 4. The van der Waals surface area contributed by atoms with Gasteiger partial charge in [0.2, 0.25) is 5.91 Å². The Morgan fingerprint density at radius 3 is 2.12 bits per heavy atom. The van der Waals surface area contributed by atoms with Gasteiger partial charge in [-0.15, -0.1) is 0 Å². The summed E-state index contributed by atoms with van der Waals surface area (Å²) in [6, 6.07) is 0.890. The van der Waals surface area contributed by atoms with Crippen LogP contribution in [0.25, 0.3) is 0 Å². The first-order chi connectivity index (χ1) is 11.6. The summed E-state index contributed by atoms with van der Waals surface area (Å²) >= 11 is 0. The lowest BCUT2D eigenvalue weighted by Gasteiger charge is -2.33. The van der Waals surface area contributed by atoms with Gasteiger partial charge in [-0.25, -0.2) is 4.99 Å². The topological polar surface area (TPSA) is 54.3 Å². The summed E-state index contributed by atoms with van der Waals surface area (Å²) in [7, 11) is 0. The Hall–Kier alpha value is -1.39. The van der Waals surface area contributed by atoms with Crippen molar-refractivity contribution in [3.05, 3.63) is 0 Å². The van der Waals surface area contributed by atoms with E-state index in [1.54, 1.807) is 11.8 Å². The van der Waals surface area contributed by atoms with Crippen LogP contribution in [0.2, 0.25) is 0 Å². The predicted molar refractivity (Wildman–Crippen MR) is 98.2 cm³/mol. The van der Waals surface area contributed by atoms with Crippen molar-refractivity contribution in [3.63, 3.8) is 0 Å². The quantitative estimate of drug-likeness (QED) is 0.426. The molecule has 0 aromatic heterocycles. The largest absolute Gasteiger partial charge is 0.324 e. The van der Waals surface area contributed by atoms with E-state index >= 15 is 0 Å². The fourth-order valence-corrected chi connectivity index (χ4v) is 3.57. The monoisotopic (exact) mass is 335 g/mol. The molecule has 2 fully saturated rings. The number of amides is 1. The maximum absolute atomic E-state index is 12.4. The summed E-state index contributed by atoms with van der Waals surface area (Å²) in [5.41, 5.74) is 0.915. The predicted octanol–water partition coefficient (Wildman–Crippen LogP) is 4.66. The second-order valence-corrected chi connectivity index (χ2v) is 7.16. The fraction of sp³-hybridized carbons (Fsp3) is 0.842. The average Bonchev–Trinajstić information content (AvgIpc) is 2.61. The van der Waals surface area contributed by atoms with Crippen molar-refractivity contribution < 1.29 is 9.63 Å². The summed E-state index contributed by atoms with van der Waals surface area (Å²) in [5, 5.41) is 4.20. The highest BCUT2D eigenvalue weighted by Crippen LogP contribution is 2.25. The van der Waals surface area contributed by atoms with Crippen LogP contribution >= 0.6 is 0 Å². The standard InChI is InChI=1S/C19H33N3O2/c1-4-15(2)21-24-19(20-17-11-7-5-8-12-17)22(16(3)23)18-13-9-6-10-14-18/h17-18H,4-14H2,1-3H3/b20-19?,21-15+. The number of carbonyl (C=O) groups excluding carboxylic acids is 1. The Morgan fingerprint density at radius 1 is 1.00 bits per heavy atom. The van der Waals surface area contributed by atoms with E-state index in [1.807, 2.05) is 13.8 Å². The van der Waals surface area contributed by atoms with Gasteiger partial charge in [0.15, 0.2) is 0 Å². The van der Waals surface area contributed by atoms with Crippen LogP contribution < -0.4 is 0 Å². The van der Waals surface area contributed by atoms with Crippen molar-refractivity contribution in [3.8, 4) is 0 Å². The van der Waals surface area contributed by atoms with E-state index in [0.29, 0.717) is 6.02 Å². The number of amidine groups is 1. The number of nitrogens with zero attached hydrogens (tertiary/aromatic N) is 3. The van der Waals surface area contributed by atoms with E-state index in [2.05, 4.69) is 5.16 Å². The lowest BCUT2D eigenvalue weighted by Crippen LogP contribution is -2.45. The zero-order chi connectivity index (χ0) is 17.4. The Balaban J connectivity index is 2.22. The van der Waals surface area contributed by atoms with Gasteiger partial charge in [0.05, 0.1) is 11.8 Å². The van der Waals surface area contributed by atoms with Crippen molar-refractivity contribution in [2.45, 2.75) is 103 Å². The van der Waals surface area contributed by atoms with Crippen molar-refractivity contribution in [2.24, 2.45) is 10.1 Å². The molecule has 2 aliphatic carbocycles. The highest BCUT2D eigenvalue weighted by molar-refractivity contribution is 5.94. The number of hydrogen-bond donors (Lipinski definition) is 0. The molecule has 0 unspecified atom stereocenters. The van der Waals surface area contributed by atoms with Crippen LogP contribution in [0.5, 0.6) is 0 Å². The normalized spacial score (nSPS) is 21.6. The van der Waals surface area contributed by atoms with Crippen molar-refractivity contribution in [1.29, 1.82) is 0 Å². The zero-order valence-corrected chi connectivity index (χ0v) is 15.6. The van der Waals surface area contributed by atoms with Gasteiger partial charge >= 0.3 is 6.02 Å². The fourth-order valence-electron chi connectivity index (χ4n) is 3.57.